The predicted octanol–water partition coefficient (Wildman–Crippen LogP) is 2.45. The Morgan fingerprint density at radius 2 is 2.18 bits per heavy atom. The van der Waals surface area contributed by atoms with E-state index in [4.69, 9.17) is 11.6 Å². The SMILES string of the molecule is O=C(Nc1ccccc1CN1CCNC1=O)c1cc(Cl)c[nH]1. The lowest BCUT2D eigenvalue weighted by atomic mass is 10.1. The molecule has 0 saturated carbocycles. The molecule has 22 heavy (non-hydrogen) atoms. The van der Waals surface area contributed by atoms with Crippen molar-refractivity contribution < 1.29 is 9.59 Å². The van der Waals surface area contributed by atoms with Gasteiger partial charge in [-0.25, -0.2) is 4.79 Å². The third kappa shape index (κ3) is 3.07. The van der Waals surface area contributed by atoms with Gasteiger partial charge in [-0.3, -0.25) is 4.79 Å². The van der Waals surface area contributed by atoms with Crippen LogP contribution in [0.3, 0.4) is 0 Å². The smallest absolute Gasteiger partial charge is 0.317 e. The lowest BCUT2D eigenvalue weighted by molar-refractivity contribution is 0.102. The number of para-hydroxylation sites is 1. The van der Waals surface area contributed by atoms with Gasteiger partial charge in [0, 0.05) is 31.5 Å². The quantitative estimate of drug-likeness (QED) is 0.809. The van der Waals surface area contributed by atoms with Crippen LogP contribution in [0.2, 0.25) is 5.02 Å². The summed E-state index contributed by atoms with van der Waals surface area (Å²) in [5, 5.41) is 6.08. The number of carbonyl (C=O) groups is 2. The molecule has 0 atom stereocenters. The lowest BCUT2D eigenvalue weighted by Crippen LogP contribution is -2.28. The van der Waals surface area contributed by atoms with Crippen molar-refractivity contribution in [1.29, 1.82) is 0 Å². The third-order valence-corrected chi connectivity index (χ3v) is 3.68. The van der Waals surface area contributed by atoms with E-state index in [-0.39, 0.29) is 11.9 Å². The van der Waals surface area contributed by atoms with Crippen LogP contribution in [0.25, 0.3) is 0 Å². The highest BCUT2D eigenvalue weighted by molar-refractivity contribution is 6.31. The molecule has 3 amide bonds. The first kappa shape index (κ1) is 14.5. The highest BCUT2D eigenvalue weighted by Crippen LogP contribution is 2.19. The summed E-state index contributed by atoms with van der Waals surface area (Å²) in [6.07, 6.45) is 1.55. The molecule has 0 aliphatic carbocycles. The van der Waals surface area contributed by atoms with E-state index >= 15 is 0 Å². The number of hydrogen-bond acceptors (Lipinski definition) is 2. The third-order valence-electron chi connectivity index (χ3n) is 3.46. The summed E-state index contributed by atoms with van der Waals surface area (Å²) in [5.41, 5.74) is 1.95. The average molecular weight is 319 g/mol. The molecular weight excluding hydrogens is 304 g/mol. The van der Waals surface area contributed by atoms with E-state index in [1.807, 2.05) is 24.3 Å². The zero-order valence-electron chi connectivity index (χ0n) is 11.7. The molecule has 1 aromatic heterocycles. The van der Waals surface area contributed by atoms with Crippen LogP contribution in [-0.2, 0) is 6.54 Å². The van der Waals surface area contributed by atoms with E-state index in [1.54, 1.807) is 17.2 Å². The Morgan fingerprint density at radius 1 is 1.36 bits per heavy atom. The van der Waals surface area contributed by atoms with Crippen LogP contribution in [0.15, 0.2) is 36.5 Å². The molecule has 0 radical (unpaired) electrons. The van der Waals surface area contributed by atoms with Crippen LogP contribution >= 0.6 is 11.6 Å². The van der Waals surface area contributed by atoms with E-state index in [0.29, 0.717) is 36.0 Å². The van der Waals surface area contributed by atoms with Crippen LogP contribution in [0.5, 0.6) is 0 Å². The number of aromatic amines is 1. The Hall–Kier alpha value is -2.47. The van der Waals surface area contributed by atoms with Crippen LogP contribution in [0, 0.1) is 0 Å². The first-order valence-electron chi connectivity index (χ1n) is 6.89. The van der Waals surface area contributed by atoms with Crippen molar-refractivity contribution in [2.45, 2.75) is 6.54 Å². The summed E-state index contributed by atoms with van der Waals surface area (Å²) < 4.78 is 0. The Balaban J connectivity index is 1.76. The van der Waals surface area contributed by atoms with Gasteiger partial charge in [-0.05, 0) is 17.7 Å². The van der Waals surface area contributed by atoms with Crippen LogP contribution in [-0.4, -0.2) is 34.9 Å². The van der Waals surface area contributed by atoms with E-state index in [9.17, 15) is 9.59 Å². The molecule has 0 spiro atoms. The van der Waals surface area contributed by atoms with E-state index in [2.05, 4.69) is 15.6 Å². The van der Waals surface area contributed by atoms with Gasteiger partial charge >= 0.3 is 6.03 Å². The van der Waals surface area contributed by atoms with E-state index in [0.717, 1.165) is 5.56 Å². The summed E-state index contributed by atoms with van der Waals surface area (Å²) in [4.78, 5) is 28.3. The number of urea groups is 1. The topological polar surface area (TPSA) is 77.2 Å². The second-order valence-corrected chi connectivity index (χ2v) is 5.43. The van der Waals surface area contributed by atoms with Crippen molar-refractivity contribution in [1.82, 2.24) is 15.2 Å². The number of halogens is 1. The lowest BCUT2D eigenvalue weighted by Gasteiger charge is -2.17. The molecule has 1 fully saturated rings. The number of nitrogens with zero attached hydrogens (tertiary/aromatic N) is 1. The van der Waals surface area contributed by atoms with Gasteiger partial charge in [0.25, 0.3) is 5.91 Å². The first-order valence-corrected chi connectivity index (χ1v) is 7.27. The summed E-state index contributed by atoms with van der Waals surface area (Å²) >= 11 is 5.81. The van der Waals surface area contributed by atoms with Gasteiger partial charge in [0.2, 0.25) is 0 Å². The number of nitrogens with one attached hydrogen (secondary N) is 3. The van der Waals surface area contributed by atoms with Crippen LogP contribution < -0.4 is 10.6 Å². The van der Waals surface area contributed by atoms with Gasteiger partial charge in [0.05, 0.1) is 5.02 Å². The fourth-order valence-electron chi connectivity index (χ4n) is 2.34. The maximum Gasteiger partial charge on any atom is 0.317 e. The zero-order chi connectivity index (χ0) is 15.5. The Bertz CT molecular complexity index is 713. The number of H-pyrrole nitrogens is 1. The second kappa shape index (κ2) is 6.11. The molecule has 1 aliphatic rings. The van der Waals surface area contributed by atoms with Crippen molar-refractivity contribution in [3.05, 3.63) is 52.8 Å². The first-order chi connectivity index (χ1) is 10.6. The summed E-state index contributed by atoms with van der Waals surface area (Å²) in [5.74, 6) is -0.273. The van der Waals surface area contributed by atoms with Crippen molar-refractivity contribution in [3.8, 4) is 0 Å². The Morgan fingerprint density at radius 3 is 2.86 bits per heavy atom. The maximum absolute atomic E-state index is 12.2. The number of aromatic nitrogens is 1. The minimum atomic E-state index is -0.273. The zero-order valence-corrected chi connectivity index (χ0v) is 12.5. The fourth-order valence-corrected chi connectivity index (χ4v) is 2.50. The van der Waals surface area contributed by atoms with Gasteiger partial charge in [0.15, 0.2) is 0 Å². The van der Waals surface area contributed by atoms with E-state index < -0.39 is 0 Å². The second-order valence-electron chi connectivity index (χ2n) is 5.00. The monoisotopic (exact) mass is 318 g/mol. The van der Waals surface area contributed by atoms with Crippen molar-refractivity contribution in [2.75, 3.05) is 18.4 Å². The Labute approximate surface area is 132 Å². The molecule has 2 heterocycles. The summed E-state index contributed by atoms with van der Waals surface area (Å²) in [6, 6.07) is 8.90. The van der Waals surface area contributed by atoms with E-state index in [1.165, 1.54) is 0 Å². The van der Waals surface area contributed by atoms with Crippen LogP contribution in [0.1, 0.15) is 16.1 Å². The number of carbonyl (C=O) groups excluding carboxylic acids is 2. The molecule has 6 nitrogen and oxygen atoms in total. The number of rotatable bonds is 4. The summed E-state index contributed by atoms with van der Waals surface area (Å²) in [6.45, 7) is 1.76. The molecular formula is C15H15ClN4O2. The maximum atomic E-state index is 12.2. The fraction of sp³-hybridized carbons (Fsp3) is 0.200. The number of hydrogen-bond donors (Lipinski definition) is 3. The molecule has 3 N–H and O–H groups in total. The molecule has 0 unspecified atom stereocenters. The normalized spacial score (nSPS) is 14.0. The standard InChI is InChI=1S/C15H15ClN4O2/c16-11-7-13(18-8-11)14(21)19-12-4-2-1-3-10(12)9-20-6-5-17-15(20)22/h1-4,7-8,18H,5-6,9H2,(H,17,22)(H,19,21). The van der Waals surface area contributed by atoms with Gasteiger partial charge in [0.1, 0.15) is 5.69 Å². The molecule has 1 aliphatic heterocycles. The highest BCUT2D eigenvalue weighted by atomic mass is 35.5. The molecule has 3 rings (SSSR count). The molecule has 114 valence electrons. The largest absolute Gasteiger partial charge is 0.356 e. The summed E-state index contributed by atoms with van der Waals surface area (Å²) in [7, 11) is 0. The predicted molar refractivity (Wildman–Crippen MR) is 84.0 cm³/mol. The van der Waals surface area contributed by atoms with Gasteiger partial charge in [-0.1, -0.05) is 29.8 Å². The minimum Gasteiger partial charge on any atom is -0.356 e. The number of amides is 3. The van der Waals surface area contributed by atoms with Crippen molar-refractivity contribution >= 4 is 29.2 Å². The van der Waals surface area contributed by atoms with Crippen molar-refractivity contribution in [2.24, 2.45) is 0 Å². The van der Waals surface area contributed by atoms with Crippen molar-refractivity contribution in [3.63, 3.8) is 0 Å². The molecule has 2 aromatic rings. The molecule has 7 heteroatoms. The van der Waals surface area contributed by atoms with Gasteiger partial charge < -0.3 is 20.5 Å². The molecule has 0 bridgehead atoms. The minimum absolute atomic E-state index is 0.0859. The number of benzene rings is 1. The number of anilines is 1. The highest BCUT2D eigenvalue weighted by Gasteiger charge is 2.20. The molecule has 1 aromatic carbocycles. The average Bonchev–Trinajstić information content (AvgIpc) is 3.10. The molecule has 1 saturated heterocycles. The van der Waals surface area contributed by atoms with Gasteiger partial charge in [-0.15, -0.1) is 0 Å². The van der Waals surface area contributed by atoms with Crippen LogP contribution in [0.4, 0.5) is 10.5 Å². The Kier molecular flexibility index (Phi) is 4.02. The van der Waals surface area contributed by atoms with Gasteiger partial charge in [-0.2, -0.15) is 0 Å².